The van der Waals surface area contributed by atoms with Gasteiger partial charge in [-0.05, 0) is 45.6 Å². The van der Waals surface area contributed by atoms with Gasteiger partial charge in [-0.15, -0.1) is 15.7 Å². The average Bonchev–Trinajstić information content (AvgIpc) is 3.21. The number of hydrogen-bond donors (Lipinski definition) is 3. The Kier molecular flexibility index (Phi) is 5.69. The van der Waals surface area contributed by atoms with Gasteiger partial charge in [0.05, 0.1) is 17.6 Å². The number of urea groups is 1. The molecule has 0 saturated carbocycles. The summed E-state index contributed by atoms with van der Waals surface area (Å²) in [5, 5.41) is 18.0. The highest BCUT2D eigenvalue weighted by atomic mass is 32.2. The summed E-state index contributed by atoms with van der Waals surface area (Å²) in [4.78, 5) is 20.3. The van der Waals surface area contributed by atoms with Crippen LogP contribution in [0.4, 0.5) is 23.7 Å². The highest BCUT2D eigenvalue weighted by Gasteiger charge is 2.39. The summed E-state index contributed by atoms with van der Waals surface area (Å²) in [6, 6.07) is -1.27. The molecule has 13 heteroatoms. The number of anilines is 1. The molecule has 0 radical (unpaired) electrons. The van der Waals surface area contributed by atoms with Crippen molar-refractivity contribution in [2.45, 2.75) is 56.0 Å². The molecule has 2 amide bonds. The number of aromatic nitrogens is 2. The second-order valence-electron chi connectivity index (χ2n) is 7.36. The molecule has 3 rings (SSSR count). The number of fused-ring (bicyclic) bond motifs is 1. The van der Waals surface area contributed by atoms with E-state index in [1.165, 1.54) is 20.8 Å². The first-order valence-electron chi connectivity index (χ1n) is 8.84. The Hall–Kier alpha value is -2.09. The number of amides is 2. The second-order valence-corrected chi connectivity index (χ2v) is 10.4. The summed E-state index contributed by atoms with van der Waals surface area (Å²) < 4.78 is 56.9. The van der Waals surface area contributed by atoms with E-state index in [1.807, 2.05) is 0 Å². The van der Waals surface area contributed by atoms with Crippen LogP contribution < -0.4 is 10.5 Å². The van der Waals surface area contributed by atoms with E-state index in [4.69, 9.17) is 5.14 Å². The number of carbonyl (C=O) groups excluding carboxylic acids is 1. The van der Waals surface area contributed by atoms with Crippen LogP contribution in [0, 0.1) is 6.92 Å². The number of pyridine rings is 1. The Morgan fingerprint density at radius 1 is 1.37 bits per heavy atom. The van der Waals surface area contributed by atoms with Gasteiger partial charge in [0.25, 0.3) is 0 Å². The molecule has 8 nitrogen and oxygen atoms in total. The van der Waals surface area contributed by atoms with Gasteiger partial charge in [-0.3, -0.25) is 4.98 Å². The van der Waals surface area contributed by atoms with Crippen molar-refractivity contribution in [3.63, 3.8) is 0 Å². The van der Waals surface area contributed by atoms with Gasteiger partial charge in [0.15, 0.2) is 9.92 Å². The first-order valence-corrected chi connectivity index (χ1v) is 11.2. The molecule has 0 spiro atoms. The fraction of sp³-hybridized carbons (Fsp3) is 0.471. The summed E-state index contributed by atoms with van der Waals surface area (Å²) in [5.41, 5.74) is -2.28. The highest BCUT2D eigenvalue weighted by molar-refractivity contribution is 7.93. The summed E-state index contributed by atoms with van der Waals surface area (Å²) >= 11 is 0.800. The van der Waals surface area contributed by atoms with E-state index in [-0.39, 0.29) is 14.9 Å². The predicted octanol–water partition coefficient (Wildman–Crippen LogP) is 3.51. The summed E-state index contributed by atoms with van der Waals surface area (Å²) in [5.74, 6) is 0. The normalized spacial score (nSPS) is 16.1. The minimum absolute atomic E-state index is 0.0815. The van der Waals surface area contributed by atoms with E-state index in [2.05, 4.69) is 19.6 Å². The minimum atomic E-state index is -4.75. The van der Waals surface area contributed by atoms with Gasteiger partial charge in [-0.25, -0.2) is 19.1 Å². The zero-order valence-corrected chi connectivity index (χ0v) is 18.0. The molecule has 1 aliphatic rings. The average molecular weight is 464 g/mol. The van der Waals surface area contributed by atoms with E-state index < -0.39 is 39.0 Å². The number of nitrogens with zero attached hydrogens (tertiary/aromatic N) is 3. The van der Waals surface area contributed by atoms with Crippen LogP contribution in [0.1, 0.15) is 47.8 Å². The summed E-state index contributed by atoms with van der Waals surface area (Å²) in [6.45, 7) is 4.14. The van der Waals surface area contributed by atoms with E-state index in [0.717, 1.165) is 17.5 Å². The standard InChI is InChI=1S/C17H20F3N5O3S2/c1-8-12(17(18,19)20)13(9-5-4-6-10(9)23-8)24-15(26)25-30(21,28)11-7-22-14(29-11)16(2,3)27/h7,27H,4-6H2,1-3H3,(H3,21,23,24,25,26,28). The third-order valence-corrected chi connectivity index (χ3v) is 7.63. The van der Waals surface area contributed by atoms with E-state index >= 15 is 0 Å². The van der Waals surface area contributed by atoms with Gasteiger partial charge in [-0.1, -0.05) is 0 Å². The van der Waals surface area contributed by atoms with Crippen LogP contribution in [0.2, 0.25) is 0 Å². The van der Waals surface area contributed by atoms with Crippen LogP contribution in [-0.2, 0) is 34.5 Å². The van der Waals surface area contributed by atoms with Gasteiger partial charge >= 0.3 is 12.2 Å². The third kappa shape index (κ3) is 4.48. The van der Waals surface area contributed by atoms with Crippen molar-refractivity contribution in [1.82, 2.24) is 9.97 Å². The van der Waals surface area contributed by atoms with Gasteiger partial charge in [-0.2, -0.15) is 13.2 Å². The molecule has 164 valence electrons. The molecule has 0 aliphatic heterocycles. The Balaban J connectivity index is 2.00. The quantitative estimate of drug-likeness (QED) is 0.641. The van der Waals surface area contributed by atoms with Crippen molar-refractivity contribution >= 4 is 33.0 Å². The lowest BCUT2D eigenvalue weighted by molar-refractivity contribution is -0.137. The van der Waals surface area contributed by atoms with Crippen molar-refractivity contribution in [3.8, 4) is 0 Å². The van der Waals surface area contributed by atoms with Crippen LogP contribution in [0.25, 0.3) is 0 Å². The number of aliphatic hydroxyl groups is 1. The predicted molar refractivity (Wildman–Crippen MR) is 105 cm³/mol. The zero-order chi connectivity index (χ0) is 22.5. The number of nitrogens with two attached hydrogens (primary N) is 1. The number of rotatable bonds is 3. The van der Waals surface area contributed by atoms with Crippen molar-refractivity contribution in [3.05, 3.63) is 33.7 Å². The lowest BCUT2D eigenvalue weighted by Gasteiger charge is -2.18. The molecular weight excluding hydrogens is 443 g/mol. The van der Waals surface area contributed by atoms with Crippen molar-refractivity contribution in [2.24, 2.45) is 9.50 Å². The molecule has 30 heavy (non-hydrogen) atoms. The molecule has 0 bridgehead atoms. The van der Waals surface area contributed by atoms with E-state index in [9.17, 15) is 27.3 Å². The molecule has 0 aromatic carbocycles. The molecule has 2 heterocycles. The van der Waals surface area contributed by atoms with Gasteiger partial charge in [0, 0.05) is 5.69 Å². The van der Waals surface area contributed by atoms with Crippen LogP contribution in [0.3, 0.4) is 0 Å². The lowest BCUT2D eigenvalue weighted by Crippen LogP contribution is -2.21. The Morgan fingerprint density at radius 2 is 2.03 bits per heavy atom. The number of carbonyl (C=O) groups is 1. The SMILES string of the molecule is Cc1nc2c(c(NC(=O)N=S(N)(=O)c3cnc(C(C)(C)O)s3)c1C(F)(F)F)CCC2. The highest BCUT2D eigenvalue weighted by Crippen LogP contribution is 2.41. The fourth-order valence-corrected chi connectivity index (χ4v) is 5.23. The van der Waals surface area contributed by atoms with Gasteiger partial charge in [0.2, 0.25) is 0 Å². The third-order valence-electron chi connectivity index (χ3n) is 4.43. The second kappa shape index (κ2) is 7.55. The zero-order valence-electron chi connectivity index (χ0n) is 16.3. The number of halogens is 3. The van der Waals surface area contributed by atoms with Gasteiger partial charge in [0.1, 0.15) is 20.4 Å². The molecule has 0 saturated heterocycles. The number of alkyl halides is 3. The number of thiazole rings is 1. The maximum absolute atomic E-state index is 13.6. The minimum Gasteiger partial charge on any atom is -0.383 e. The molecule has 1 unspecified atom stereocenters. The monoisotopic (exact) mass is 463 g/mol. The van der Waals surface area contributed by atoms with Gasteiger partial charge < -0.3 is 10.4 Å². The Labute approximate surface area is 175 Å². The van der Waals surface area contributed by atoms with Crippen molar-refractivity contribution in [2.75, 3.05) is 5.32 Å². The smallest absolute Gasteiger partial charge is 0.383 e. The number of hydrogen-bond acceptors (Lipinski definition) is 6. The summed E-state index contributed by atoms with van der Waals surface area (Å²) in [6.07, 6.45) is -2.20. The fourth-order valence-electron chi connectivity index (χ4n) is 3.17. The van der Waals surface area contributed by atoms with Crippen LogP contribution in [0.5, 0.6) is 0 Å². The first kappa shape index (κ1) is 22.6. The molecule has 1 atom stereocenters. The molecule has 2 aromatic heterocycles. The topological polar surface area (TPSA) is 131 Å². The lowest BCUT2D eigenvalue weighted by atomic mass is 10.0. The largest absolute Gasteiger partial charge is 0.420 e. The molecule has 4 N–H and O–H groups in total. The van der Waals surface area contributed by atoms with Crippen molar-refractivity contribution in [1.29, 1.82) is 0 Å². The number of aryl methyl sites for hydroxylation is 2. The van der Waals surface area contributed by atoms with Crippen LogP contribution >= 0.6 is 11.3 Å². The first-order chi connectivity index (χ1) is 13.7. The Bertz CT molecular complexity index is 1130. The molecule has 1 aliphatic carbocycles. The van der Waals surface area contributed by atoms with Crippen LogP contribution in [0.15, 0.2) is 14.8 Å². The molecule has 0 fully saturated rings. The number of nitrogens with one attached hydrogen (secondary N) is 1. The van der Waals surface area contributed by atoms with E-state index in [0.29, 0.717) is 30.5 Å². The summed E-state index contributed by atoms with van der Waals surface area (Å²) in [7, 11) is -3.78. The Morgan fingerprint density at radius 3 is 2.60 bits per heavy atom. The van der Waals surface area contributed by atoms with Crippen molar-refractivity contribution < 1.29 is 27.3 Å². The van der Waals surface area contributed by atoms with Crippen LogP contribution in [-0.4, -0.2) is 25.3 Å². The molecule has 2 aromatic rings. The molecular formula is C17H20F3N5O3S2. The van der Waals surface area contributed by atoms with E-state index in [1.54, 1.807) is 0 Å². The maximum Gasteiger partial charge on any atom is 0.420 e. The maximum atomic E-state index is 13.6.